The lowest BCUT2D eigenvalue weighted by molar-refractivity contribution is -0.683. The zero-order chi connectivity index (χ0) is 15.8. The predicted molar refractivity (Wildman–Crippen MR) is 87.7 cm³/mol. The third-order valence-electron chi connectivity index (χ3n) is 3.48. The summed E-state index contributed by atoms with van der Waals surface area (Å²) in [4.78, 5) is 12.6. The Morgan fingerprint density at radius 2 is 1.82 bits per heavy atom. The predicted octanol–water partition coefficient (Wildman–Crippen LogP) is 1.88. The quantitative estimate of drug-likeness (QED) is 0.767. The molecule has 116 valence electrons. The summed E-state index contributed by atoms with van der Waals surface area (Å²) in [5.74, 6) is -0.0221. The van der Waals surface area contributed by atoms with Gasteiger partial charge in [0.25, 0.3) is 5.91 Å². The molecule has 4 heteroatoms. The number of ether oxygens (including phenoxy) is 1. The molecule has 0 bridgehead atoms. The van der Waals surface area contributed by atoms with Gasteiger partial charge in [0.05, 0.1) is 6.61 Å². The van der Waals surface area contributed by atoms with Gasteiger partial charge in [-0.25, -0.2) is 0 Å². The van der Waals surface area contributed by atoms with E-state index >= 15 is 0 Å². The maximum atomic E-state index is 12.6. The Hall–Kier alpha value is -2.17. The number of nitrogens with two attached hydrogens (primary N) is 1. The Bertz CT molecular complexity index is 582. The van der Waals surface area contributed by atoms with Crippen molar-refractivity contribution in [1.82, 2.24) is 0 Å². The molecule has 2 aromatic rings. The van der Waals surface area contributed by atoms with Crippen LogP contribution in [0.4, 0.5) is 5.69 Å². The maximum absolute atomic E-state index is 12.6. The fourth-order valence-electron chi connectivity index (χ4n) is 2.26. The smallest absolute Gasteiger partial charge is 0.287 e. The number of quaternary nitrogens is 1. The molecule has 0 aliphatic rings. The number of amides is 1. The van der Waals surface area contributed by atoms with Gasteiger partial charge in [0.1, 0.15) is 6.54 Å². The average molecular weight is 299 g/mol. The number of anilines is 1. The summed E-state index contributed by atoms with van der Waals surface area (Å²) in [6.07, 6.45) is 0. The van der Waals surface area contributed by atoms with Crippen molar-refractivity contribution in [3.05, 3.63) is 65.7 Å². The maximum Gasteiger partial charge on any atom is 0.287 e. The van der Waals surface area contributed by atoms with Crippen LogP contribution in [-0.2, 0) is 9.53 Å². The number of carbonyl (C=O) groups excluding carboxylic acids is 1. The summed E-state index contributed by atoms with van der Waals surface area (Å²) in [6.45, 7) is 3.37. The molecule has 0 aliphatic carbocycles. The molecule has 2 aromatic carbocycles. The standard InChI is InChI=1S/C18H22N2O2/c1-14-8-10-16(11-9-14)20-18(21)17(19-12-13-22-2)15-6-4-3-5-7-15/h3-11,17,19H,12-13H2,1-2H3,(H,20,21)/p+1/t17-/m0/s1. The van der Waals surface area contributed by atoms with Gasteiger partial charge in [0.2, 0.25) is 0 Å². The molecule has 0 heterocycles. The lowest BCUT2D eigenvalue weighted by Gasteiger charge is -2.16. The van der Waals surface area contributed by atoms with E-state index in [1.165, 1.54) is 5.56 Å². The number of nitrogens with one attached hydrogen (secondary N) is 1. The second-order valence-electron chi connectivity index (χ2n) is 5.26. The highest BCUT2D eigenvalue weighted by Crippen LogP contribution is 2.13. The van der Waals surface area contributed by atoms with Gasteiger partial charge in [-0.05, 0) is 19.1 Å². The van der Waals surface area contributed by atoms with Gasteiger partial charge < -0.3 is 15.4 Å². The summed E-state index contributed by atoms with van der Waals surface area (Å²) in [5, 5.41) is 4.99. The molecule has 0 aromatic heterocycles. The van der Waals surface area contributed by atoms with Crippen LogP contribution in [0.15, 0.2) is 54.6 Å². The molecule has 0 aliphatic heterocycles. The minimum Gasteiger partial charge on any atom is -0.379 e. The Balaban J connectivity index is 2.09. The van der Waals surface area contributed by atoms with E-state index in [2.05, 4.69) is 5.32 Å². The monoisotopic (exact) mass is 299 g/mol. The number of benzene rings is 2. The Kier molecular flexibility index (Phi) is 6.13. The van der Waals surface area contributed by atoms with Crippen LogP contribution in [0.25, 0.3) is 0 Å². The highest BCUT2D eigenvalue weighted by Gasteiger charge is 2.23. The van der Waals surface area contributed by atoms with Gasteiger partial charge in [0, 0.05) is 18.4 Å². The molecule has 2 rings (SSSR count). The SMILES string of the molecule is COCC[NH2+][C@H](C(=O)Nc1ccc(C)cc1)c1ccccc1. The van der Waals surface area contributed by atoms with Crippen molar-refractivity contribution in [3.63, 3.8) is 0 Å². The summed E-state index contributed by atoms with van der Waals surface area (Å²) in [5.41, 5.74) is 2.98. The Morgan fingerprint density at radius 1 is 1.14 bits per heavy atom. The lowest BCUT2D eigenvalue weighted by atomic mass is 10.1. The van der Waals surface area contributed by atoms with Gasteiger partial charge >= 0.3 is 0 Å². The van der Waals surface area contributed by atoms with E-state index in [1.807, 2.05) is 66.8 Å². The van der Waals surface area contributed by atoms with E-state index in [1.54, 1.807) is 7.11 Å². The Labute approximate surface area is 131 Å². The van der Waals surface area contributed by atoms with Crippen LogP contribution in [0.1, 0.15) is 17.2 Å². The molecule has 0 unspecified atom stereocenters. The summed E-state index contributed by atoms with van der Waals surface area (Å²) in [6, 6.07) is 17.3. The largest absolute Gasteiger partial charge is 0.379 e. The lowest BCUT2D eigenvalue weighted by Crippen LogP contribution is -2.88. The summed E-state index contributed by atoms with van der Waals surface area (Å²) in [7, 11) is 1.66. The Morgan fingerprint density at radius 3 is 2.45 bits per heavy atom. The van der Waals surface area contributed by atoms with E-state index in [0.29, 0.717) is 6.61 Å². The number of methoxy groups -OCH3 is 1. The van der Waals surface area contributed by atoms with E-state index in [0.717, 1.165) is 17.8 Å². The van der Waals surface area contributed by atoms with Crippen molar-refractivity contribution in [2.45, 2.75) is 13.0 Å². The second kappa shape index (κ2) is 8.32. The minimum atomic E-state index is -0.280. The van der Waals surface area contributed by atoms with Crippen LogP contribution in [-0.4, -0.2) is 26.2 Å². The molecule has 22 heavy (non-hydrogen) atoms. The number of rotatable bonds is 7. The highest BCUT2D eigenvalue weighted by atomic mass is 16.5. The molecule has 0 radical (unpaired) electrons. The zero-order valence-corrected chi connectivity index (χ0v) is 13.1. The number of aryl methyl sites for hydroxylation is 1. The van der Waals surface area contributed by atoms with E-state index in [9.17, 15) is 4.79 Å². The van der Waals surface area contributed by atoms with Crippen LogP contribution >= 0.6 is 0 Å². The van der Waals surface area contributed by atoms with Crippen LogP contribution in [0.2, 0.25) is 0 Å². The van der Waals surface area contributed by atoms with Crippen LogP contribution in [0.3, 0.4) is 0 Å². The molecule has 0 saturated heterocycles. The zero-order valence-electron chi connectivity index (χ0n) is 13.1. The highest BCUT2D eigenvalue weighted by molar-refractivity contribution is 5.94. The van der Waals surface area contributed by atoms with Gasteiger partial charge in [-0.1, -0.05) is 48.0 Å². The van der Waals surface area contributed by atoms with E-state index in [4.69, 9.17) is 4.74 Å². The normalized spacial score (nSPS) is 11.9. The first kappa shape index (κ1) is 16.2. The van der Waals surface area contributed by atoms with Gasteiger partial charge in [-0.2, -0.15) is 0 Å². The van der Waals surface area contributed by atoms with Crippen LogP contribution < -0.4 is 10.6 Å². The molecule has 0 saturated carbocycles. The molecule has 0 fully saturated rings. The molecular formula is C18H23N2O2+. The van der Waals surface area contributed by atoms with Crippen LogP contribution in [0, 0.1) is 6.92 Å². The molecule has 1 amide bonds. The fourth-order valence-corrected chi connectivity index (χ4v) is 2.26. The van der Waals surface area contributed by atoms with Crippen molar-refractivity contribution in [1.29, 1.82) is 0 Å². The fraction of sp³-hybridized carbons (Fsp3) is 0.278. The average Bonchev–Trinajstić information content (AvgIpc) is 2.54. The topological polar surface area (TPSA) is 54.9 Å². The van der Waals surface area contributed by atoms with Crippen molar-refractivity contribution >= 4 is 11.6 Å². The number of hydrogen-bond acceptors (Lipinski definition) is 2. The third kappa shape index (κ3) is 4.69. The third-order valence-corrected chi connectivity index (χ3v) is 3.48. The minimum absolute atomic E-state index is 0.0221. The first-order valence-electron chi connectivity index (χ1n) is 7.45. The van der Waals surface area contributed by atoms with Crippen molar-refractivity contribution in [3.8, 4) is 0 Å². The first-order valence-corrected chi connectivity index (χ1v) is 7.45. The summed E-state index contributed by atoms with van der Waals surface area (Å²) >= 11 is 0. The van der Waals surface area contributed by atoms with Gasteiger partial charge in [-0.3, -0.25) is 4.79 Å². The number of carbonyl (C=O) groups is 1. The first-order chi connectivity index (χ1) is 10.7. The molecule has 4 nitrogen and oxygen atoms in total. The van der Waals surface area contributed by atoms with Crippen molar-refractivity contribution < 1.29 is 14.8 Å². The second-order valence-corrected chi connectivity index (χ2v) is 5.26. The van der Waals surface area contributed by atoms with Crippen molar-refractivity contribution in [2.24, 2.45) is 0 Å². The van der Waals surface area contributed by atoms with Gasteiger partial charge in [-0.15, -0.1) is 0 Å². The van der Waals surface area contributed by atoms with E-state index < -0.39 is 0 Å². The van der Waals surface area contributed by atoms with Crippen molar-refractivity contribution in [2.75, 3.05) is 25.6 Å². The number of hydrogen-bond donors (Lipinski definition) is 2. The van der Waals surface area contributed by atoms with E-state index in [-0.39, 0.29) is 11.9 Å². The molecule has 3 N–H and O–H groups in total. The van der Waals surface area contributed by atoms with Crippen LogP contribution in [0.5, 0.6) is 0 Å². The molecule has 1 atom stereocenters. The molecule has 0 spiro atoms. The summed E-state index contributed by atoms with van der Waals surface area (Å²) < 4.78 is 5.08. The molecular weight excluding hydrogens is 276 g/mol. The van der Waals surface area contributed by atoms with Gasteiger partial charge in [0.15, 0.2) is 6.04 Å².